The molecule has 0 aromatic carbocycles. The van der Waals surface area contributed by atoms with Crippen molar-refractivity contribution in [2.45, 2.75) is 49.9 Å². The fourth-order valence-corrected chi connectivity index (χ4v) is 7.30. The third-order valence-electron chi connectivity index (χ3n) is 7.44. The fourth-order valence-electron chi connectivity index (χ4n) is 5.27. The van der Waals surface area contributed by atoms with Gasteiger partial charge in [0.1, 0.15) is 42.5 Å². The average molecular weight is 723 g/mol. The van der Waals surface area contributed by atoms with Gasteiger partial charge in [-0.3, -0.25) is 32.5 Å². The molecule has 46 heavy (non-hydrogen) atoms. The summed E-state index contributed by atoms with van der Waals surface area (Å²) >= 11 is 7.52. The van der Waals surface area contributed by atoms with Crippen LogP contribution < -0.4 is 17.0 Å². The number of fused-ring (bicyclic) bond motifs is 2. The minimum atomic E-state index is -4.38. The highest BCUT2D eigenvalue weighted by Gasteiger charge is 2.50. The highest BCUT2D eigenvalue weighted by molar-refractivity contribution is 8.44. The van der Waals surface area contributed by atoms with E-state index in [1.54, 1.807) is 6.92 Å². The minimum Gasteiger partial charge on any atom is -0.390 e. The van der Waals surface area contributed by atoms with Crippen LogP contribution in [0, 0.1) is 5.92 Å². The van der Waals surface area contributed by atoms with Gasteiger partial charge in [-0.1, -0.05) is 31.4 Å². The van der Waals surface area contributed by atoms with E-state index in [-0.39, 0.29) is 34.1 Å². The smallest absolute Gasteiger partial charge is 0.386 e. The number of aliphatic hydroxyl groups excluding tert-OH is 2. The van der Waals surface area contributed by atoms with Gasteiger partial charge in [0.25, 0.3) is 5.56 Å². The van der Waals surface area contributed by atoms with E-state index in [2.05, 4.69) is 54.4 Å². The molecule has 2 saturated heterocycles. The molecule has 8 N–H and O–H groups in total. The van der Waals surface area contributed by atoms with E-state index >= 15 is 0 Å². The van der Waals surface area contributed by atoms with Crippen LogP contribution in [0.15, 0.2) is 23.8 Å². The molecular weight excluding hydrogens is 694 g/mol. The van der Waals surface area contributed by atoms with Crippen molar-refractivity contribution in [2.75, 3.05) is 24.7 Å². The molecule has 0 spiro atoms. The van der Waals surface area contributed by atoms with E-state index in [0.717, 1.165) is 0 Å². The number of aromatic nitrogens is 8. The van der Waals surface area contributed by atoms with Crippen molar-refractivity contribution in [3.8, 4) is 0 Å². The summed E-state index contributed by atoms with van der Waals surface area (Å²) in [6, 6.07) is 0. The molecule has 21 nitrogen and oxygen atoms in total. The number of nitrogen functional groups attached to an aromatic ring is 2. The second kappa shape index (κ2) is 12.4. The number of H-pyrrole nitrogens is 1. The topological polar surface area (TPSA) is 300 Å². The molecule has 250 valence electrons. The minimum absolute atomic E-state index is 0.0108. The van der Waals surface area contributed by atoms with Crippen molar-refractivity contribution in [1.29, 1.82) is 0 Å². The number of imidazole rings is 2. The van der Waals surface area contributed by atoms with Gasteiger partial charge in [0.2, 0.25) is 5.95 Å². The van der Waals surface area contributed by atoms with E-state index in [0.29, 0.717) is 0 Å². The Morgan fingerprint density at radius 3 is 2.33 bits per heavy atom. The highest BCUT2D eigenvalue weighted by atomic mass is 32.7. The zero-order valence-electron chi connectivity index (χ0n) is 23.4. The molecular formula is C21H28N10O11P2S2. The number of hydrogen-bond acceptors (Lipinski definition) is 17. The third-order valence-corrected chi connectivity index (χ3v) is 9.89. The molecule has 4 unspecified atom stereocenters. The van der Waals surface area contributed by atoms with E-state index < -0.39 is 81.3 Å². The number of rotatable bonds is 10. The van der Waals surface area contributed by atoms with Crippen molar-refractivity contribution in [1.82, 2.24) is 39.0 Å². The van der Waals surface area contributed by atoms with Gasteiger partial charge in [0.15, 0.2) is 28.9 Å². The van der Waals surface area contributed by atoms with Crippen LogP contribution >= 0.6 is 38.1 Å². The Labute approximate surface area is 268 Å². The molecule has 0 bridgehead atoms. The van der Waals surface area contributed by atoms with Crippen molar-refractivity contribution < 1.29 is 47.3 Å². The Balaban J connectivity index is 1.18. The molecule has 10 atom stereocenters. The third kappa shape index (κ3) is 6.42. The van der Waals surface area contributed by atoms with Crippen LogP contribution in [-0.4, -0.2) is 97.9 Å². The molecule has 2 aliphatic heterocycles. The van der Waals surface area contributed by atoms with Gasteiger partial charge in [-0.15, -0.1) is 0 Å². The normalized spacial score (nSPS) is 31.0. The summed E-state index contributed by atoms with van der Waals surface area (Å²) in [5.74, 6) is -0.659. The van der Waals surface area contributed by atoms with Crippen molar-refractivity contribution in [3.05, 3.63) is 29.3 Å². The summed E-state index contributed by atoms with van der Waals surface area (Å²) in [6.45, 7) is -8.14. The number of nitrogens with zero attached hydrogens (tertiary/aromatic N) is 7. The Morgan fingerprint density at radius 2 is 1.61 bits per heavy atom. The predicted molar refractivity (Wildman–Crippen MR) is 163 cm³/mol. The molecule has 0 aliphatic carbocycles. The largest absolute Gasteiger partial charge is 0.390 e. The van der Waals surface area contributed by atoms with E-state index in [1.807, 2.05) is 0 Å². The van der Waals surface area contributed by atoms with Crippen LogP contribution in [0.3, 0.4) is 0 Å². The van der Waals surface area contributed by atoms with Crippen LogP contribution in [0.5, 0.6) is 0 Å². The van der Waals surface area contributed by atoms with Crippen LogP contribution in [0.1, 0.15) is 19.4 Å². The highest BCUT2D eigenvalue weighted by Crippen LogP contribution is 2.57. The number of aliphatic hydroxyl groups is 2. The standard InChI is InChI=1S/C21H28N10O11P2S2/c1-7-12(32)8(40-19(7)31-6-27-11-17(31)28-21(23)29-18(11)34)2-39-44(37,46)42-14-9(3-38-43(35,36)45)41-20(13(14)33)30-5-26-10-15(22)24-4-25-16(10)30/h4-9,12-14,19-20,32-33H,2-3H2,1H3,(H,37,46)(H2,22,24,25)(H2,35,36,45)(H3,23,28,29,34)/t7-,8?,9?,12+,13-,14-,19-,20-,44?/m1/s1. The maximum atomic E-state index is 13.4. The summed E-state index contributed by atoms with van der Waals surface area (Å²) in [5, 5.41) is 22.1. The van der Waals surface area contributed by atoms with Crippen LogP contribution in [0.25, 0.3) is 22.3 Å². The van der Waals surface area contributed by atoms with Gasteiger partial charge in [-0.05, 0) is 0 Å². The number of aromatic amines is 1. The maximum absolute atomic E-state index is 13.4. The molecule has 25 heteroatoms. The van der Waals surface area contributed by atoms with Gasteiger partial charge < -0.3 is 36.0 Å². The Kier molecular flexibility index (Phi) is 8.97. The first-order chi connectivity index (χ1) is 21.6. The maximum Gasteiger partial charge on any atom is 0.386 e. The number of hydrogen-bond donors (Lipinski definition) is 8. The molecule has 6 rings (SSSR count). The van der Waals surface area contributed by atoms with Gasteiger partial charge >= 0.3 is 13.6 Å². The van der Waals surface area contributed by atoms with Gasteiger partial charge in [-0.2, -0.15) is 4.98 Å². The molecule has 4 aromatic rings. The lowest BCUT2D eigenvalue weighted by Gasteiger charge is -2.25. The number of nitrogens with two attached hydrogens (primary N) is 2. The van der Waals surface area contributed by atoms with Crippen LogP contribution in [0.2, 0.25) is 0 Å². The summed E-state index contributed by atoms with van der Waals surface area (Å²) in [7, 11) is 0. The SMILES string of the molecule is C[C@@H]1[C@H](O)C(COP(=O)(S)O[C@@H]2C(COP(=O)(O)S)O[C@@H](n3cnc4c(N)ncnc43)[C@@H]2O)O[C@H]1n1cnc2c(=O)[nH]c(N)nc21. The zero-order chi connectivity index (χ0) is 33.1. The average Bonchev–Trinajstić information content (AvgIpc) is 3.73. The number of anilines is 2. The first kappa shape index (κ1) is 33.2. The molecule has 0 amide bonds. The molecule has 2 fully saturated rings. The van der Waals surface area contributed by atoms with E-state index in [9.17, 15) is 29.0 Å². The van der Waals surface area contributed by atoms with Crippen molar-refractivity contribution >= 4 is 72.2 Å². The quantitative estimate of drug-likeness (QED) is 0.0774. The number of ether oxygens (including phenoxy) is 2. The molecule has 0 radical (unpaired) electrons. The first-order valence-corrected chi connectivity index (χ1v) is 18.7. The lowest BCUT2D eigenvalue weighted by molar-refractivity contribution is -0.0491. The van der Waals surface area contributed by atoms with Gasteiger partial charge in [0, 0.05) is 5.92 Å². The lowest BCUT2D eigenvalue weighted by Crippen LogP contribution is -2.36. The molecule has 2 aliphatic rings. The Bertz CT molecular complexity index is 1920. The van der Waals surface area contributed by atoms with Crippen molar-refractivity contribution in [3.63, 3.8) is 0 Å². The summed E-state index contributed by atoms with van der Waals surface area (Å²) in [5.41, 5.74) is 11.5. The summed E-state index contributed by atoms with van der Waals surface area (Å²) in [4.78, 5) is 44.3. The lowest BCUT2D eigenvalue weighted by atomic mass is 10.0. The van der Waals surface area contributed by atoms with Gasteiger partial charge in [-0.25, -0.2) is 29.1 Å². The number of nitrogens with one attached hydrogen (secondary N) is 1. The van der Waals surface area contributed by atoms with E-state index in [1.165, 1.54) is 28.1 Å². The fraction of sp³-hybridized carbons (Fsp3) is 0.524. The monoisotopic (exact) mass is 722 g/mol. The second-order valence-electron chi connectivity index (χ2n) is 10.4. The summed E-state index contributed by atoms with van der Waals surface area (Å²) in [6.07, 6.45) is -4.99. The molecule has 0 saturated carbocycles. The number of thiol groups is 2. The van der Waals surface area contributed by atoms with Crippen LogP contribution in [0.4, 0.5) is 11.8 Å². The Morgan fingerprint density at radius 1 is 0.957 bits per heavy atom. The van der Waals surface area contributed by atoms with E-state index in [4.69, 9.17) is 34.5 Å². The van der Waals surface area contributed by atoms with Crippen LogP contribution in [-0.2, 0) is 32.2 Å². The Hall–Kier alpha value is -2.66. The second-order valence-corrected chi connectivity index (χ2v) is 16.1. The molecule has 4 aromatic heterocycles. The predicted octanol–water partition coefficient (Wildman–Crippen LogP) is -0.237. The van der Waals surface area contributed by atoms with Crippen molar-refractivity contribution in [2.24, 2.45) is 5.92 Å². The van der Waals surface area contributed by atoms with Gasteiger partial charge in [0.05, 0.1) is 32.0 Å². The summed E-state index contributed by atoms with van der Waals surface area (Å²) < 4.78 is 55.7. The molecule has 6 heterocycles. The zero-order valence-corrected chi connectivity index (χ0v) is 27.0. The first-order valence-electron chi connectivity index (χ1n) is 13.3.